The van der Waals surface area contributed by atoms with Gasteiger partial charge in [0.25, 0.3) is 0 Å². The highest BCUT2D eigenvalue weighted by Gasteiger charge is 2.33. The van der Waals surface area contributed by atoms with Gasteiger partial charge >= 0.3 is 5.97 Å². The molecule has 0 saturated heterocycles. The molecule has 0 saturated carbocycles. The lowest BCUT2D eigenvalue weighted by atomic mass is 9.89. The summed E-state index contributed by atoms with van der Waals surface area (Å²) in [6, 6.07) is 16.4. The van der Waals surface area contributed by atoms with Gasteiger partial charge in [-0.2, -0.15) is 0 Å². The normalized spacial score (nSPS) is 12.8. The average molecular weight is 414 g/mol. The van der Waals surface area contributed by atoms with Crippen molar-refractivity contribution in [1.82, 2.24) is 0 Å². The number of ether oxygens (including phenoxy) is 3. The molecular formula is C25H35NO4. The van der Waals surface area contributed by atoms with Gasteiger partial charge < -0.3 is 19.9 Å². The number of carbonyl (C=O) groups is 1. The summed E-state index contributed by atoms with van der Waals surface area (Å²) in [6.45, 7) is 4.68. The van der Waals surface area contributed by atoms with Crippen molar-refractivity contribution < 1.29 is 19.0 Å². The maximum Gasteiger partial charge on any atom is 0.326 e. The van der Waals surface area contributed by atoms with E-state index in [0.29, 0.717) is 38.2 Å². The fourth-order valence-corrected chi connectivity index (χ4v) is 3.31. The minimum absolute atomic E-state index is 0.336. The number of unbranched alkanes of at least 4 members (excludes halogenated alkanes) is 1. The number of benzene rings is 2. The third kappa shape index (κ3) is 7.06. The third-order valence-corrected chi connectivity index (χ3v) is 5.36. The molecule has 5 heteroatoms. The Hall–Kier alpha value is -2.53. The summed E-state index contributed by atoms with van der Waals surface area (Å²) in [6.07, 6.45) is 4.83. The Morgan fingerprint density at radius 1 is 0.967 bits per heavy atom. The molecule has 0 heterocycles. The van der Waals surface area contributed by atoms with Gasteiger partial charge in [-0.25, -0.2) is 0 Å². The molecule has 0 aliphatic carbocycles. The molecule has 2 rings (SSSR count). The van der Waals surface area contributed by atoms with Crippen molar-refractivity contribution in [3.63, 3.8) is 0 Å². The monoisotopic (exact) mass is 413 g/mol. The molecule has 5 nitrogen and oxygen atoms in total. The molecule has 2 N–H and O–H groups in total. The van der Waals surface area contributed by atoms with Crippen LogP contribution in [0.25, 0.3) is 0 Å². The lowest BCUT2D eigenvalue weighted by Crippen LogP contribution is -2.48. The smallest absolute Gasteiger partial charge is 0.326 e. The lowest BCUT2D eigenvalue weighted by Gasteiger charge is -2.25. The van der Waals surface area contributed by atoms with Crippen LogP contribution < -0.4 is 15.2 Å². The fourth-order valence-electron chi connectivity index (χ4n) is 3.31. The highest BCUT2D eigenvalue weighted by Crippen LogP contribution is 2.29. The Bertz CT molecular complexity index is 778. The van der Waals surface area contributed by atoms with Gasteiger partial charge in [0.2, 0.25) is 0 Å². The van der Waals surface area contributed by atoms with Crippen molar-refractivity contribution >= 4 is 5.97 Å². The maximum absolute atomic E-state index is 12.2. The summed E-state index contributed by atoms with van der Waals surface area (Å²) in [7, 11) is 1.64. The summed E-state index contributed by atoms with van der Waals surface area (Å²) in [5.74, 6) is 1.10. The van der Waals surface area contributed by atoms with Crippen molar-refractivity contribution in [3.05, 3.63) is 59.7 Å². The highest BCUT2D eigenvalue weighted by atomic mass is 16.5. The van der Waals surface area contributed by atoms with Gasteiger partial charge in [-0.15, -0.1) is 0 Å². The van der Waals surface area contributed by atoms with Crippen LogP contribution in [0.4, 0.5) is 0 Å². The van der Waals surface area contributed by atoms with E-state index in [0.717, 1.165) is 30.6 Å². The first kappa shape index (κ1) is 23.7. The molecule has 0 amide bonds. The minimum atomic E-state index is -0.961. The topological polar surface area (TPSA) is 70.8 Å². The van der Waals surface area contributed by atoms with E-state index in [1.54, 1.807) is 14.0 Å². The standard InChI is InChI=1S/C25H35NO4/c1-4-25(26,24(27)29-5-2)17-16-21-14-15-22(23(19-21)28-3)30-18-10-9-13-20-11-7-6-8-12-20/h6-8,11-12,14-15,19H,4-5,9-10,13,16-18,26H2,1-3H3. The van der Waals surface area contributed by atoms with Crippen LogP contribution in [-0.4, -0.2) is 31.8 Å². The summed E-state index contributed by atoms with van der Waals surface area (Å²) >= 11 is 0. The van der Waals surface area contributed by atoms with E-state index in [-0.39, 0.29) is 5.97 Å². The Morgan fingerprint density at radius 3 is 2.40 bits per heavy atom. The number of hydrogen-bond acceptors (Lipinski definition) is 5. The Labute approximate surface area is 180 Å². The minimum Gasteiger partial charge on any atom is -0.493 e. The predicted molar refractivity (Wildman–Crippen MR) is 120 cm³/mol. The molecule has 0 aliphatic rings. The van der Waals surface area contributed by atoms with Crippen LogP contribution >= 0.6 is 0 Å². The number of hydrogen-bond donors (Lipinski definition) is 1. The van der Waals surface area contributed by atoms with Crippen LogP contribution in [0.1, 0.15) is 50.7 Å². The van der Waals surface area contributed by atoms with Gasteiger partial charge in [0.15, 0.2) is 11.5 Å². The van der Waals surface area contributed by atoms with Crippen molar-refractivity contribution in [2.75, 3.05) is 20.3 Å². The molecule has 0 fully saturated rings. The molecule has 0 spiro atoms. The summed E-state index contributed by atoms with van der Waals surface area (Å²) < 4.78 is 16.6. The second-order valence-corrected chi connectivity index (χ2v) is 7.51. The van der Waals surface area contributed by atoms with E-state index < -0.39 is 5.54 Å². The zero-order chi connectivity index (χ0) is 21.8. The van der Waals surface area contributed by atoms with Gasteiger partial charge in [0.1, 0.15) is 5.54 Å². The lowest BCUT2D eigenvalue weighted by molar-refractivity contribution is -0.150. The Balaban J connectivity index is 1.85. The number of nitrogens with two attached hydrogens (primary N) is 1. The SMILES string of the molecule is CCOC(=O)C(N)(CC)CCc1ccc(OCCCCc2ccccc2)c(OC)c1. The first-order valence-electron chi connectivity index (χ1n) is 10.8. The quantitative estimate of drug-likeness (QED) is 0.381. The molecule has 1 atom stereocenters. The number of esters is 1. The second kappa shape index (κ2) is 12.2. The van der Waals surface area contributed by atoms with Gasteiger partial charge in [-0.3, -0.25) is 4.79 Å². The first-order valence-corrected chi connectivity index (χ1v) is 10.8. The summed E-state index contributed by atoms with van der Waals surface area (Å²) in [5, 5.41) is 0. The van der Waals surface area contributed by atoms with Gasteiger partial charge in [-0.1, -0.05) is 43.3 Å². The summed E-state index contributed by atoms with van der Waals surface area (Å²) in [5.41, 5.74) is 7.72. The van der Waals surface area contributed by atoms with Crippen molar-refractivity contribution in [3.8, 4) is 11.5 Å². The number of methoxy groups -OCH3 is 1. The van der Waals surface area contributed by atoms with E-state index in [1.807, 2.05) is 31.2 Å². The molecule has 30 heavy (non-hydrogen) atoms. The molecule has 164 valence electrons. The molecule has 0 radical (unpaired) electrons. The van der Waals surface area contributed by atoms with E-state index in [2.05, 4.69) is 24.3 Å². The molecule has 0 aliphatic heterocycles. The largest absolute Gasteiger partial charge is 0.493 e. The Kier molecular flexibility index (Phi) is 9.68. The number of carbonyl (C=O) groups excluding carboxylic acids is 1. The van der Waals surface area contributed by atoms with E-state index in [1.165, 1.54) is 5.56 Å². The van der Waals surface area contributed by atoms with Gasteiger partial charge in [0.05, 0.1) is 20.3 Å². The van der Waals surface area contributed by atoms with E-state index in [4.69, 9.17) is 19.9 Å². The average Bonchev–Trinajstić information content (AvgIpc) is 2.78. The predicted octanol–water partition coefficient (Wildman–Crippen LogP) is 4.70. The number of rotatable bonds is 13. The highest BCUT2D eigenvalue weighted by molar-refractivity contribution is 5.80. The Morgan fingerprint density at radius 2 is 1.73 bits per heavy atom. The van der Waals surface area contributed by atoms with Crippen molar-refractivity contribution in [2.45, 2.75) is 57.9 Å². The molecule has 0 bridgehead atoms. The van der Waals surface area contributed by atoms with Crippen LogP contribution in [0.3, 0.4) is 0 Å². The zero-order valence-electron chi connectivity index (χ0n) is 18.5. The van der Waals surface area contributed by atoms with Crippen LogP contribution in [0.15, 0.2) is 48.5 Å². The molecule has 0 aromatic heterocycles. The molecule has 2 aromatic rings. The van der Waals surface area contributed by atoms with Crippen LogP contribution in [0.2, 0.25) is 0 Å². The first-order chi connectivity index (χ1) is 14.5. The van der Waals surface area contributed by atoms with Crippen molar-refractivity contribution in [1.29, 1.82) is 0 Å². The maximum atomic E-state index is 12.2. The van der Waals surface area contributed by atoms with Crippen LogP contribution in [0.5, 0.6) is 11.5 Å². The molecule has 2 aromatic carbocycles. The summed E-state index contributed by atoms with van der Waals surface area (Å²) in [4.78, 5) is 12.2. The van der Waals surface area contributed by atoms with Crippen LogP contribution in [0, 0.1) is 0 Å². The van der Waals surface area contributed by atoms with Gasteiger partial charge in [0, 0.05) is 0 Å². The van der Waals surface area contributed by atoms with Gasteiger partial charge in [-0.05, 0) is 68.7 Å². The third-order valence-electron chi connectivity index (χ3n) is 5.36. The zero-order valence-corrected chi connectivity index (χ0v) is 18.5. The van der Waals surface area contributed by atoms with E-state index in [9.17, 15) is 4.79 Å². The fraction of sp³-hybridized carbons (Fsp3) is 0.480. The number of aryl methyl sites for hydroxylation is 2. The van der Waals surface area contributed by atoms with E-state index >= 15 is 0 Å². The molecular weight excluding hydrogens is 378 g/mol. The molecule has 1 unspecified atom stereocenters. The second-order valence-electron chi connectivity index (χ2n) is 7.51. The van der Waals surface area contributed by atoms with Crippen LogP contribution in [-0.2, 0) is 22.4 Å². The van der Waals surface area contributed by atoms with Crippen molar-refractivity contribution in [2.24, 2.45) is 5.73 Å².